The minimum absolute atomic E-state index is 0.572. The molecular formula is C8H8BrCl3Si. The summed E-state index contributed by atoms with van der Waals surface area (Å²) in [5.74, 6) is 0. The van der Waals surface area contributed by atoms with Gasteiger partial charge in [-0.2, -0.15) is 0 Å². The number of rotatable bonds is 2. The van der Waals surface area contributed by atoms with Crippen LogP contribution in [0.4, 0.5) is 0 Å². The predicted molar refractivity (Wildman–Crippen MR) is 65.9 cm³/mol. The molecule has 0 bridgehead atoms. The molecule has 0 amide bonds. The maximum absolute atomic E-state index is 5.85. The van der Waals surface area contributed by atoms with Crippen molar-refractivity contribution in [2.45, 2.75) is 13.0 Å². The normalized spacial score (nSPS) is 11.8. The molecule has 72 valence electrons. The van der Waals surface area contributed by atoms with Gasteiger partial charge in [0.15, 0.2) is 0 Å². The van der Waals surface area contributed by atoms with Gasteiger partial charge in [0, 0.05) is 10.5 Å². The fraction of sp³-hybridized carbons (Fsp3) is 0.250. The van der Waals surface area contributed by atoms with Crippen LogP contribution in [0, 0.1) is 6.92 Å². The lowest BCUT2D eigenvalue weighted by Gasteiger charge is -2.10. The fourth-order valence-electron chi connectivity index (χ4n) is 1.05. The van der Waals surface area contributed by atoms with E-state index >= 15 is 0 Å². The Balaban J connectivity index is 2.94. The maximum Gasteiger partial charge on any atom is 0.345 e. The number of benzene rings is 1. The van der Waals surface area contributed by atoms with Gasteiger partial charge in [-0.15, -0.1) is 33.2 Å². The van der Waals surface area contributed by atoms with Crippen molar-refractivity contribution in [1.29, 1.82) is 0 Å². The summed E-state index contributed by atoms with van der Waals surface area (Å²) in [5.41, 5.74) is 2.28. The lowest BCUT2D eigenvalue weighted by molar-refractivity contribution is 1.28. The Morgan fingerprint density at radius 2 is 1.92 bits per heavy atom. The van der Waals surface area contributed by atoms with Crippen molar-refractivity contribution in [2.24, 2.45) is 0 Å². The van der Waals surface area contributed by atoms with Crippen LogP contribution in [0.25, 0.3) is 0 Å². The minimum Gasteiger partial charge on any atom is -0.126 e. The van der Waals surface area contributed by atoms with E-state index in [1.54, 1.807) is 0 Å². The zero-order valence-corrected chi connectivity index (χ0v) is 11.8. The molecule has 0 spiro atoms. The number of hydrogen-bond donors (Lipinski definition) is 0. The molecule has 0 aliphatic heterocycles. The highest BCUT2D eigenvalue weighted by atomic mass is 79.9. The third-order valence-corrected chi connectivity index (χ3v) is 4.18. The molecule has 0 nitrogen and oxygen atoms in total. The lowest BCUT2D eigenvalue weighted by Crippen LogP contribution is -2.15. The zero-order chi connectivity index (χ0) is 10.1. The summed E-state index contributed by atoms with van der Waals surface area (Å²) in [6.45, 7) is 2.02. The van der Waals surface area contributed by atoms with Crippen LogP contribution < -0.4 is 0 Å². The Bertz CT molecular complexity index is 309. The van der Waals surface area contributed by atoms with Gasteiger partial charge in [-0.25, -0.2) is 0 Å². The van der Waals surface area contributed by atoms with Crippen LogP contribution in [0.1, 0.15) is 11.1 Å². The summed E-state index contributed by atoms with van der Waals surface area (Å²) in [6.07, 6.45) is 0. The van der Waals surface area contributed by atoms with Gasteiger partial charge in [-0.1, -0.05) is 22.0 Å². The molecule has 13 heavy (non-hydrogen) atoms. The number of hydrogen-bond acceptors (Lipinski definition) is 0. The standard InChI is InChI=1S/C8H8BrCl3Si/c1-6-2-3-8(9)4-7(6)5-13(10,11)12/h2-4H,5H2,1H3. The highest BCUT2D eigenvalue weighted by molar-refractivity contribution is 9.10. The van der Waals surface area contributed by atoms with Crippen LogP contribution in [0.2, 0.25) is 0 Å². The highest BCUT2D eigenvalue weighted by Crippen LogP contribution is 2.27. The molecule has 5 heteroatoms. The fourth-order valence-corrected chi connectivity index (χ4v) is 3.56. The summed E-state index contributed by atoms with van der Waals surface area (Å²) >= 11 is 20.9. The second-order valence-electron chi connectivity index (χ2n) is 2.86. The molecular weight excluding hydrogens is 310 g/mol. The average molecular weight is 319 g/mol. The molecule has 1 rings (SSSR count). The molecule has 0 N–H and O–H groups in total. The van der Waals surface area contributed by atoms with Crippen LogP contribution in [0.3, 0.4) is 0 Å². The lowest BCUT2D eigenvalue weighted by atomic mass is 10.1. The first kappa shape index (κ1) is 11.9. The van der Waals surface area contributed by atoms with Gasteiger partial charge in [0.2, 0.25) is 0 Å². The van der Waals surface area contributed by atoms with Gasteiger partial charge in [-0.05, 0) is 30.2 Å². The van der Waals surface area contributed by atoms with Crippen LogP contribution in [0.5, 0.6) is 0 Å². The first-order chi connectivity index (χ1) is 5.88. The number of aryl methyl sites for hydroxylation is 1. The molecule has 0 aliphatic rings. The van der Waals surface area contributed by atoms with Gasteiger partial charge < -0.3 is 0 Å². The first-order valence-corrected chi connectivity index (χ1v) is 9.74. The molecule has 1 aromatic rings. The van der Waals surface area contributed by atoms with Crippen molar-refractivity contribution in [3.8, 4) is 0 Å². The van der Waals surface area contributed by atoms with E-state index in [-0.39, 0.29) is 0 Å². The van der Waals surface area contributed by atoms with E-state index < -0.39 is 6.00 Å². The molecule has 0 radical (unpaired) electrons. The monoisotopic (exact) mass is 316 g/mol. The molecule has 0 atom stereocenters. The van der Waals surface area contributed by atoms with Crippen molar-refractivity contribution < 1.29 is 0 Å². The van der Waals surface area contributed by atoms with Gasteiger partial charge in [0.05, 0.1) is 0 Å². The Morgan fingerprint density at radius 3 is 2.46 bits per heavy atom. The highest BCUT2D eigenvalue weighted by Gasteiger charge is 2.26. The predicted octanol–water partition coefficient (Wildman–Crippen LogP) is 4.49. The third-order valence-electron chi connectivity index (χ3n) is 1.70. The Kier molecular flexibility index (Phi) is 4.14. The topological polar surface area (TPSA) is 0 Å². The van der Waals surface area contributed by atoms with Crippen molar-refractivity contribution in [3.05, 3.63) is 33.8 Å². The smallest absolute Gasteiger partial charge is 0.126 e. The summed E-state index contributed by atoms with van der Waals surface area (Å²) in [5, 5.41) is 0. The molecule has 0 saturated carbocycles. The Labute approximate surface area is 101 Å². The molecule has 0 aliphatic carbocycles. The summed E-state index contributed by atoms with van der Waals surface area (Å²) in [7, 11) is 0. The van der Waals surface area contributed by atoms with Crippen LogP contribution in [-0.2, 0) is 6.04 Å². The van der Waals surface area contributed by atoms with Gasteiger partial charge in [0.25, 0.3) is 0 Å². The summed E-state index contributed by atoms with van der Waals surface area (Å²) < 4.78 is 1.02. The van der Waals surface area contributed by atoms with Crippen molar-refractivity contribution >= 4 is 55.2 Å². The van der Waals surface area contributed by atoms with Crippen molar-refractivity contribution in [1.82, 2.24) is 0 Å². The minimum atomic E-state index is -2.56. The van der Waals surface area contributed by atoms with Crippen LogP contribution >= 0.6 is 49.2 Å². The molecule has 0 fully saturated rings. The average Bonchev–Trinajstić information content (AvgIpc) is 1.94. The Hall–Kier alpha value is 0.787. The van der Waals surface area contributed by atoms with E-state index in [0.29, 0.717) is 6.04 Å². The van der Waals surface area contributed by atoms with Gasteiger partial charge in [0.1, 0.15) is 0 Å². The zero-order valence-electron chi connectivity index (χ0n) is 6.95. The van der Waals surface area contributed by atoms with E-state index in [1.165, 1.54) is 5.56 Å². The van der Waals surface area contributed by atoms with Gasteiger partial charge in [-0.3, -0.25) is 0 Å². The van der Waals surface area contributed by atoms with Crippen LogP contribution in [-0.4, -0.2) is 6.00 Å². The quantitative estimate of drug-likeness (QED) is 0.556. The molecule has 0 heterocycles. The first-order valence-electron chi connectivity index (χ1n) is 3.70. The molecule has 0 aromatic heterocycles. The second-order valence-corrected chi connectivity index (χ2v) is 12.9. The van der Waals surface area contributed by atoms with Crippen molar-refractivity contribution in [2.75, 3.05) is 0 Å². The van der Waals surface area contributed by atoms with E-state index in [0.717, 1.165) is 10.0 Å². The van der Waals surface area contributed by atoms with E-state index in [2.05, 4.69) is 15.9 Å². The third kappa shape index (κ3) is 4.22. The summed E-state index contributed by atoms with van der Waals surface area (Å²) in [6, 6.07) is 4.02. The van der Waals surface area contributed by atoms with E-state index in [1.807, 2.05) is 25.1 Å². The van der Waals surface area contributed by atoms with Gasteiger partial charge >= 0.3 is 6.00 Å². The van der Waals surface area contributed by atoms with Crippen molar-refractivity contribution in [3.63, 3.8) is 0 Å². The largest absolute Gasteiger partial charge is 0.345 e. The maximum atomic E-state index is 5.85. The van der Waals surface area contributed by atoms with Crippen LogP contribution in [0.15, 0.2) is 22.7 Å². The molecule has 0 saturated heterocycles. The molecule has 0 unspecified atom stereocenters. The summed E-state index contributed by atoms with van der Waals surface area (Å²) in [4.78, 5) is 0. The van der Waals surface area contributed by atoms with E-state index in [4.69, 9.17) is 33.2 Å². The SMILES string of the molecule is Cc1ccc(Br)cc1C[Si](Cl)(Cl)Cl. The second kappa shape index (κ2) is 4.54. The molecule has 1 aromatic carbocycles. The number of halogens is 4. The Morgan fingerprint density at radius 1 is 1.31 bits per heavy atom. The van der Waals surface area contributed by atoms with E-state index in [9.17, 15) is 0 Å².